The molecule has 0 aliphatic heterocycles. The highest BCUT2D eigenvalue weighted by molar-refractivity contribution is 6.13. The fourth-order valence-corrected chi connectivity index (χ4v) is 8.93. The smallest absolute Gasteiger partial charge is 0.134 e. The van der Waals surface area contributed by atoms with Crippen LogP contribution in [0.15, 0.2) is 114 Å². The summed E-state index contributed by atoms with van der Waals surface area (Å²) in [4.78, 5) is 5.08. The number of hydrogen-bond acceptors (Lipinski definition) is 5. The Morgan fingerprint density at radius 1 is 0.533 bits per heavy atom. The van der Waals surface area contributed by atoms with Crippen molar-refractivity contribution in [2.75, 3.05) is 36.0 Å². The van der Waals surface area contributed by atoms with Gasteiger partial charge in [0.05, 0.1) is 5.92 Å². The minimum absolute atomic E-state index is 0.0369. The minimum Gasteiger partial charge on any atom is -0.511 e. The van der Waals surface area contributed by atoms with Gasteiger partial charge in [0.15, 0.2) is 0 Å². The third-order valence-corrected chi connectivity index (χ3v) is 12.5. The van der Waals surface area contributed by atoms with Gasteiger partial charge in [0.25, 0.3) is 0 Å². The van der Waals surface area contributed by atoms with Crippen LogP contribution in [0.25, 0.3) is 48.7 Å². The van der Waals surface area contributed by atoms with Crippen LogP contribution in [0.1, 0.15) is 98.1 Å². The molecule has 308 valence electrons. The number of nitrogens with zero attached hydrogens (tertiary/aromatic N) is 4. The molecule has 0 fully saturated rings. The van der Waals surface area contributed by atoms with Crippen LogP contribution in [0.4, 0.5) is 11.4 Å². The van der Waals surface area contributed by atoms with E-state index in [0.717, 1.165) is 106 Å². The molecule has 1 N–H and O–H groups in total. The van der Waals surface area contributed by atoms with E-state index in [9.17, 15) is 15.6 Å². The number of rotatable bonds is 16. The summed E-state index contributed by atoms with van der Waals surface area (Å²) in [6, 6.07) is 39.1. The molecule has 1 unspecified atom stereocenters. The summed E-state index contributed by atoms with van der Waals surface area (Å²) >= 11 is 0. The van der Waals surface area contributed by atoms with Crippen molar-refractivity contribution in [2.24, 2.45) is 23.7 Å². The lowest BCUT2D eigenvalue weighted by atomic mass is 9.68. The molecule has 6 aromatic rings. The Labute approximate surface area is 358 Å². The van der Waals surface area contributed by atoms with Crippen molar-refractivity contribution >= 4 is 60.0 Å². The van der Waals surface area contributed by atoms with Crippen LogP contribution in [-0.2, 0) is 0 Å². The van der Waals surface area contributed by atoms with E-state index in [-0.39, 0.29) is 11.3 Å². The molecule has 0 spiro atoms. The first-order valence-corrected chi connectivity index (χ1v) is 22.3. The number of anilines is 2. The SMILES string of the molecule is CC(C)CCN(CCC(C)C)c1ccc(C2=C(O)C(c3ccc(N(CCC(C)C)CCC(C)C)c4cc5ccccc5cc34)C2=C(C#N)C#N)c2cc3ccccc3cc12. The molecule has 0 amide bonds. The van der Waals surface area contributed by atoms with Gasteiger partial charge in [-0.25, -0.2) is 0 Å². The highest BCUT2D eigenvalue weighted by Gasteiger charge is 2.42. The van der Waals surface area contributed by atoms with E-state index in [2.05, 4.69) is 174 Å². The third-order valence-electron chi connectivity index (χ3n) is 12.5. The molecule has 7 rings (SSSR count). The van der Waals surface area contributed by atoms with Crippen LogP contribution in [0, 0.1) is 46.3 Å². The molecular formula is C55H62N4O. The fourth-order valence-electron chi connectivity index (χ4n) is 8.93. The lowest BCUT2D eigenvalue weighted by molar-refractivity contribution is 0.370. The average molecular weight is 795 g/mol. The molecular weight excluding hydrogens is 733 g/mol. The first-order valence-electron chi connectivity index (χ1n) is 22.3. The molecule has 1 aliphatic carbocycles. The van der Waals surface area contributed by atoms with Crippen molar-refractivity contribution in [1.82, 2.24) is 0 Å². The van der Waals surface area contributed by atoms with E-state index in [1.54, 1.807) is 0 Å². The van der Waals surface area contributed by atoms with Gasteiger partial charge < -0.3 is 14.9 Å². The summed E-state index contributed by atoms with van der Waals surface area (Å²) in [5, 5.41) is 42.6. The van der Waals surface area contributed by atoms with Crippen LogP contribution in [0.5, 0.6) is 0 Å². The standard InChI is InChI=1S/C55H62N4O/c1-35(2)21-25-58(26-22-36(3)4)50-19-17-44(46-29-39-13-9-11-15-41(39)31-48(46)50)53-52(43(33-56)34-57)54(55(53)60)45-18-20-51(59(27-23-37(5)6)28-24-38(7)8)49-32-42-16-12-10-14-40(42)30-47(45)49/h9-20,29-32,35-38,53,60H,21-28H2,1-8H3. The Morgan fingerprint density at radius 2 is 0.917 bits per heavy atom. The molecule has 1 atom stereocenters. The predicted molar refractivity (Wildman–Crippen MR) is 256 cm³/mol. The van der Waals surface area contributed by atoms with Crippen molar-refractivity contribution in [1.29, 1.82) is 10.5 Å². The van der Waals surface area contributed by atoms with E-state index >= 15 is 0 Å². The Morgan fingerprint density at radius 3 is 1.33 bits per heavy atom. The molecule has 0 radical (unpaired) electrons. The zero-order valence-corrected chi connectivity index (χ0v) is 37.0. The molecule has 0 heterocycles. The highest BCUT2D eigenvalue weighted by Crippen LogP contribution is 2.56. The maximum absolute atomic E-state index is 12.6. The van der Waals surface area contributed by atoms with Gasteiger partial charge in [-0.3, -0.25) is 0 Å². The van der Waals surface area contributed by atoms with Crippen molar-refractivity contribution in [3.63, 3.8) is 0 Å². The van der Waals surface area contributed by atoms with Crippen LogP contribution < -0.4 is 9.80 Å². The van der Waals surface area contributed by atoms with Gasteiger partial charge in [-0.2, -0.15) is 10.5 Å². The molecule has 0 saturated heterocycles. The number of allylic oxidation sites excluding steroid dienone is 3. The molecule has 5 nitrogen and oxygen atoms in total. The van der Waals surface area contributed by atoms with Crippen LogP contribution >= 0.6 is 0 Å². The highest BCUT2D eigenvalue weighted by atomic mass is 16.3. The maximum atomic E-state index is 12.6. The van der Waals surface area contributed by atoms with E-state index in [1.807, 2.05) is 0 Å². The zero-order chi connectivity index (χ0) is 42.7. The Kier molecular flexibility index (Phi) is 12.9. The number of hydrogen-bond donors (Lipinski definition) is 1. The zero-order valence-electron chi connectivity index (χ0n) is 37.0. The van der Waals surface area contributed by atoms with Gasteiger partial charge in [0.2, 0.25) is 0 Å². The number of benzene rings is 6. The summed E-state index contributed by atoms with van der Waals surface area (Å²) in [6.45, 7) is 22.0. The molecule has 60 heavy (non-hydrogen) atoms. The van der Waals surface area contributed by atoms with Crippen LogP contribution in [0.3, 0.4) is 0 Å². The van der Waals surface area contributed by atoms with Crippen LogP contribution in [-0.4, -0.2) is 31.3 Å². The molecule has 0 bridgehead atoms. The van der Waals surface area contributed by atoms with Crippen molar-refractivity contribution in [2.45, 2.75) is 87.0 Å². The first-order chi connectivity index (χ1) is 28.9. The lowest BCUT2D eigenvalue weighted by Gasteiger charge is -2.36. The number of aliphatic hydroxyl groups is 1. The van der Waals surface area contributed by atoms with Gasteiger partial charge >= 0.3 is 0 Å². The third kappa shape index (κ3) is 8.60. The van der Waals surface area contributed by atoms with E-state index < -0.39 is 5.92 Å². The summed E-state index contributed by atoms with van der Waals surface area (Å²) in [5.41, 5.74) is 5.34. The number of fused-ring (bicyclic) bond motifs is 4. The van der Waals surface area contributed by atoms with Gasteiger partial charge in [0.1, 0.15) is 23.5 Å². The number of nitriles is 2. The lowest BCUT2D eigenvalue weighted by Crippen LogP contribution is -2.28. The minimum atomic E-state index is -0.629. The van der Waals surface area contributed by atoms with Crippen molar-refractivity contribution in [3.05, 3.63) is 125 Å². The molecule has 0 saturated carbocycles. The average Bonchev–Trinajstić information content (AvgIpc) is 3.22. The second kappa shape index (κ2) is 18.2. The Hall–Kier alpha value is -5.78. The van der Waals surface area contributed by atoms with E-state index in [1.165, 1.54) is 11.4 Å². The van der Waals surface area contributed by atoms with Gasteiger partial charge in [-0.05, 0) is 129 Å². The second-order valence-electron chi connectivity index (χ2n) is 18.7. The molecule has 5 heteroatoms. The summed E-state index contributed by atoms with van der Waals surface area (Å²) < 4.78 is 0. The van der Waals surface area contributed by atoms with Crippen LogP contribution in [0.2, 0.25) is 0 Å². The molecule has 0 aromatic heterocycles. The largest absolute Gasteiger partial charge is 0.511 e. The van der Waals surface area contributed by atoms with Gasteiger partial charge in [-0.1, -0.05) is 116 Å². The monoisotopic (exact) mass is 794 g/mol. The topological polar surface area (TPSA) is 74.3 Å². The van der Waals surface area contributed by atoms with Crippen molar-refractivity contribution in [3.8, 4) is 12.1 Å². The second-order valence-corrected chi connectivity index (χ2v) is 18.7. The predicted octanol–water partition coefficient (Wildman–Crippen LogP) is 14.5. The van der Waals surface area contributed by atoms with E-state index in [4.69, 9.17) is 0 Å². The summed E-state index contributed by atoms with van der Waals surface area (Å²) in [7, 11) is 0. The maximum Gasteiger partial charge on any atom is 0.134 e. The Balaban J connectivity index is 1.46. The van der Waals surface area contributed by atoms with Gasteiger partial charge in [-0.15, -0.1) is 0 Å². The fraction of sp³-hybridized carbons (Fsp3) is 0.382. The quantitative estimate of drug-likeness (QED) is 0.0780. The summed E-state index contributed by atoms with van der Waals surface area (Å²) in [5.74, 6) is 1.86. The summed E-state index contributed by atoms with van der Waals surface area (Å²) in [6.07, 6.45) is 4.33. The van der Waals surface area contributed by atoms with Gasteiger partial charge in [0, 0.05) is 59.5 Å². The van der Waals surface area contributed by atoms with E-state index in [0.29, 0.717) is 34.8 Å². The first kappa shape index (κ1) is 42.3. The molecule has 6 aromatic carbocycles. The number of aliphatic hydroxyl groups excluding tert-OH is 1. The Bertz CT molecular complexity index is 2640. The van der Waals surface area contributed by atoms with Crippen molar-refractivity contribution < 1.29 is 5.11 Å². The normalized spacial score (nSPS) is 14.2. The molecule has 1 aliphatic rings.